The lowest BCUT2D eigenvalue weighted by Gasteiger charge is -2.35. The molecule has 1 fully saturated rings. The van der Waals surface area contributed by atoms with E-state index in [1.807, 2.05) is 11.0 Å². The van der Waals surface area contributed by atoms with Crippen molar-refractivity contribution in [1.82, 2.24) is 9.03 Å². The average molecular weight is 456 g/mol. The lowest BCUT2D eigenvalue weighted by atomic mass is 10.2. The van der Waals surface area contributed by atoms with Crippen LogP contribution in [0, 0.1) is 19.7 Å². The van der Waals surface area contributed by atoms with E-state index in [4.69, 9.17) is 0 Å². The topological polar surface area (TPSA) is 86.8 Å². The molecule has 1 N–H and O–H groups in total. The summed E-state index contributed by atoms with van der Waals surface area (Å²) in [5.74, 6) is -0.675. The Labute approximate surface area is 177 Å². The van der Waals surface area contributed by atoms with Gasteiger partial charge in [-0.3, -0.25) is 0 Å². The number of nitrogens with one attached hydrogen (secondary N) is 1. The molecule has 2 aromatic carbocycles. The third-order valence-corrected chi connectivity index (χ3v) is 8.59. The molecular formula is C20H26FN3O4S2. The monoisotopic (exact) mass is 455 g/mol. The van der Waals surface area contributed by atoms with E-state index in [0.717, 1.165) is 5.56 Å². The molecule has 30 heavy (non-hydrogen) atoms. The summed E-state index contributed by atoms with van der Waals surface area (Å²) < 4.78 is 68.0. The Bertz CT molecular complexity index is 1110. The first kappa shape index (κ1) is 22.7. The number of anilines is 1. The van der Waals surface area contributed by atoms with Gasteiger partial charge in [-0.1, -0.05) is 24.3 Å². The molecule has 0 aromatic heterocycles. The molecule has 10 heteroatoms. The molecule has 164 valence electrons. The molecule has 0 atom stereocenters. The summed E-state index contributed by atoms with van der Waals surface area (Å²) in [6, 6.07) is 11.5. The zero-order chi connectivity index (χ0) is 21.9. The van der Waals surface area contributed by atoms with Crippen molar-refractivity contribution in [2.24, 2.45) is 0 Å². The van der Waals surface area contributed by atoms with E-state index < -0.39 is 20.0 Å². The third kappa shape index (κ3) is 5.18. The Kier molecular flexibility index (Phi) is 6.81. The van der Waals surface area contributed by atoms with Crippen LogP contribution in [0.5, 0.6) is 0 Å². The Morgan fingerprint density at radius 2 is 1.63 bits per heavy atom. The predicted octanol–water partition coefficient (Wildman–Crippen LogP) is 1.87. The summed E-state index contributed by atoms with van der Waals surface area (Å²) >= 11 is 0. The van der Waals surface area contributed by atoms with Gasteiger partial charge in [-0.25, -0.2) is 25.9 Å². The van der Waals surface area contributed by atoms with E-state index in [0.29, 0.717) is 24.3 Å². The Hall–Kier alpha value is -2.01. The zero-order valence-corrected chi connectivity index (χ0v) is 18.6. The van der Waals surface area contributed by atoms with E-state index in [9.17, 15) is 21.2 Å². The van der Waals surface area contributed by atoms with Crippen LogP contribution >= 0.6 is 0 Å². The zero-order valence-electron chi connectivity index (χ0n) is 17.0. The van der Waals surface area contributed by atoms with Crippen LogP contribution in [-0.2, 0) is 20.0 Å². The van der Waals surface area contributed by atoms with Crippen LogP contribution in [0.2, 0.25) is 0 Å². The standard InChI is InChI=1S/C20H26FN3O4S2/c1-16-7-8-17(2)20(15-16)30(27,28)22-9-14-29(25,26)24-12-10-23(11-13-24)19-6-4-3-5-18(19)21/h3-8,15,22H,9-14H2,1-2H3. The number of benzene rings is 2. The lowest BCUT2D eigenvalue weighted by Crippen LogP contribution is -2.50. The fraction of sp³-hybridized carbons (Fsp3) is 0.400. The molecule has 1 saturated heterocycles. The van der Waals surface area contributed by atoms with Gasteiger partial charge in [0.05, 0.1) is 16.3 Å². The van der Waals surface area contributed by atoms with Gasteiger partial charge < -0.3 is 4.90 Å². The number of aryl methyl sites for hydroxylation is 2. The molecular weight excluding hydrogens is 429 g/mol. The van der Waals surface area contributed by atoms with E-state index in [1.165, 1.54) is 10.4 Å². The largest absolute Gasteiger partial charge is 0.367 e. The van der Waals surface area contributed by atoms with Crippen LogP contribution in [-0.4, -0.2) is 59.6 Å². The van der Waals surface area contributed by atoms with Gasteiger partial charge in [0, 0.05) is 32.7 Å². The number of sulfonamides is 2. The number of hydrogen-bond acceptors (Lipinski definition) is 5. The molecule has 7 nitrogen and oxygen atoms in total. The summed E-state index contributed by atoms with van der Waals surface area (Å²) in [6.07, 6.45) is 0. The average Bonchev–Trinajstić information content (AvgIpc) is 2.70. The number of halogens is 1. The van der Waals surface area contributed by atoms with Gasteiger partial charge in [0.15, 0.2) is 0 Å². The van der Waals surface area contributed by atoms with Crippen molar-refractivity contribution in [3.8, 4) is 0 Å². The first-order valence-corrected chi connectivity index (χ1v) is 12.7. The van der Waals surface area contributed by atoms with E-state index in [1.54, 1.807) is 44.2 Å². The second-order valence-corrected chi connectivity index (χ2v) is 11.1. The van der Waals surface area contributed by atoms with Gasteiger partial charge in [0.1, 0.15) is 5.82 Å². The fourth-order valence-corrected chi connectivity index (χ4v) is 6.25. The van der Waals surface area contributed by atoms with Crippen molar-refractivity contribution >= 4 is 25.7 Å². The summed E-state index contributed by atoms with van der Waals surface area (Å²) in [5, 5.41) is 0. The number of hydrogen-bond donors (Lipinski definition) is 1. The van der Waals surface area contributed by atoms with Gasteiger partial charge in [0.25, 0.3) is 0 Å². The summed E-state index contributed by atoms with van der Waals surface area (Å²) in [4.78, 5) is 1.96. The highest BCUT2D eigenvalue weighted by Gasteiger charge is 2.28. The van der Waals surface area contributed by atoms with Gasteiger partial charge in [-0.2, -0.15) is 4.31 Å². The number of para-hydroxylation sites is 1. The minimum Gasteiger partial charge on any atom is -0.367 e. The molecule has 1 heterocycles. The van der Waals surface area contributed by atoms with Crippen LogP contribution in [0.25, 0.3) is 0 Å². The first-order chi connectivity index (χ1) is 14.1. The van der Waals surface area contributed by atoms with Crippen LogP contribution in [0.3, 0.4) is 0 Å². The van der Waals surface area contributed by atoms with Gasteiger partial charge in [-0.15, -0.1) is 0 Å². The molecule has 2 aromatic rings. The predicted molar refractivity (Wildman–Crippen MR) is 115 cm³/mol. The van der Waals surface area contributed by atoms with Crippen molar-refractivity contribution in [2.45, 2.75) is 18.7 Å². The van der Waals surface area contributed by atoms with E-state index in [2.05, 4.69) is 4.72 Å². The Balaban J connectivity index is 1.57. The number of piperazine rings is 1. The molecule has 1 aliphatic heterocycles. The highest BCUT2D eigenvalue weighted by molar-refractivity contribution is 7.90. The van der Waals surface area contributed by atoms with Crippen molar-refractivity contribution in [1.29, 1.82) is 0 Å². The van der Waals surface area contributed by atoms with E-state index >= 15 is 0 Å². The van der Waals surface area contributed by atoms with Crippen LogP contribution in [0.15, 0.2) is 47.4 Å². The SMILES string of the molecule is Cc1ccc(C)c(S(=O)(=O)NCCS(=O)(=O)N2CCN(c3ccccc3F)CC2)c1. The maximum atomic E-state index is 13.9. The second kappa shape index (κ2) is 9.01. The summed E-state index contributed by atoms with van der Waals surface area (Å²) in [5.41, 5.74) is 1.86. The minimum atomic E-state index is -3.80. The van der Waals surface area contributed by atoms with Crippen molar-refractivity contribution in [3.63, 3.8) is 0 Å². The van der Waals surface area contributed by atoms with Gasteiger partial charge >= 0.3 is 0 Å². The normalized spacial score (nSPS) is 16.0. The highest BCUT2D eigenvalue weighted by Crippen LogP contribution is 2.21. The van der Waals surface area contributed by atoms with Crippen molar-refractivity contribution in [2.75, 3.05) is 43.4 Å². The fourth-order valence-electron chi connectivity index (χ4n) is 3.42. The quantitative estimate of drug-likeness (QED) is 0.689. The first-order valence-electron chi connectivity index (χ1n) is 9.64. The van der Waals surface area contributed by atoms with Crippen molar-refractivity contribution < 1.29 is 21.2 Å². The molecule has 3 rings (SSSR count). The molecule has 0 spiro atoms. The Morgan fingerprint density at radius 3 is 2.30 bits per heavy atom. The molecule has 0 unspecified atom stereocenters. The minimum absolute atomic E-state index is 0.151. The maximum absolute atomic E-state index is 13.9. The molecule has 1 aliphatic rings. The molecule has 0 bridgehead atoms. The van der Waals surface area contributed by atoms with Crippen LogP contribution in [0.4, 0.5) is 10.1 Å². The lowest BCUT2D eigenvalue weighted by molar-refractivity contribution is 0.383. The molecule has 0 radical (unpaired) electrons. The molecule has 0 amide bonds. The number of rotatable bonds is 7. The highest BCUT2D eigenvalue weighted by atomic mass is 32.2. The maximum Gasteiger partial charge on any atom is 0.240 e. The van der Waals surface area contributed by atoms with Crippen molar-refractivity contribution in [3.05, 3.63) is 59.4 Å². The van der Waals surface area contributed by atoms with Crippen LogP contribution < -0.4 is 9.62 Å². The second-order valence-electron chi connectivity index (χ2n) is 7.32. The number of nitrogens with zero attached hydrogens (tertiary/aromatic N) is 2. The molecule has 0 aliphatic carbocycles. The Morgan fingerprint density at radius 1 is 0.967 bits per heavy atom. The summed E-state index contributed by atoms with van der Waals surface area (Å²) in [7, 11) is -7.44. The van der Waals surface area contributed by atoms with Gasteiger partial charge in [-0.05, 0) is 43.2 Å². The smallest absolute Gasteiger partial charge is 0.240 e. The van der Waals surface area contributed by atoms with Crippen LogP contribution in [0.1, 0.15) is 11.1 Å². The summed E-state index contributed by atoms with van der Waals surface area (Å²) in [6.45, 7) is 4.46. The molecule has 0 saturated carbocycles. The third-order valence-electron chi connectivity index (χ3n) is 5.11. The van der Waals surface area contributed by atoms with E-state index in [-0.39, 0.29) is 36.1 Å². The van der Waals surface area contributed by atoms with Gasteiger partial charge in [0.2, 0.25) is 20.0 Å².